The van der Waals surface area contributed by atoms with Gasteiger partial charge in [0.25, 0.3) is 0 Å². The van der Waals surface area contributed by atoms with Crippen LogP contribution < -0.4 is 10.2 Å². The highest BCUT2D eigenvalue weighted by Gasteiger charge is 2.10. The first-order valence-corrected chi connectivity index (χ1v) is 8.28. The van der Waals surface area contributed by atoms with E-state index < -0.39 is 17.0 Å². The molecule has 0 atom stereocenters. The van der Waals surface area contributed by atoms with Gasteiger partial charge in [-0.15, -0.1) is 0 Å². The van der Waals surface area contributed by atoms with Crippen molar-refractivity contribution in [3.8, 4) is 5.75 Å². The second-order valence-electron chi connectivity index (χ2n) is 5.00. The molecule has 2 aromatic carbocycles. The Morgan fingerprint density at radius 1 is 1.27 bits per heavy atom. The van der Waals surface area contributed by atoms with E-state index in [4.69, 9.17) is 21.1 Å². The minimum absolute atomic E-state index is 0.173. The van der Waals surface area contributed by atoms with E-state index in [1.165, 1.54) is 18.2 Å². The summed E-state index contributed by atoms with van der Waals surface area (Å²) in [5.41, 5.74) is 3.80. The Balaban J connectivity index is 2.01. The molecule has 0 fully saturated rings. The predicted molar refractivity (Wildman–Crippen MR) is 101 cm³/mol. The molecule has 0 aliphatic rings. The number of nitrogens with one attached hydrogen (secondary N) is 1. The van der Waals surface area contributed by atoms with Gasteiger partial charge in [-0.25, -0.2) is 9.18 Å². The van der Waals surface area contributed by atoms with Gasteiger partial charge in [0.15, 0.2) is 0 Å². The first-order valence-electron chi connectivity index (χ1n) is 7.90. The fourth-order valence-corrected chi connectivity index (χ4v) is 2.04. The number of benzene rings is 2. The van der Waals surface area contributed by atoms with E-state index in [1.807, 2.05) is 42.5 Å². The molecule has 0 heterocycles. The van der Waals surface area contributed by atoms with Crippen molar-refractivity contribution in [2.24, 2.45) is 5.10 Å². The van der Waals surface area contributed by atoms with Crippen molar-refractivity contribution in [2.75, 3.05) is 18.6 Å². The molecule has 0 saturated heterocycles. The first kappa shape index (κ1) is 19.5. The molecule has 2 rings (SSSR count). The van der Waals surface area contributed by atoms with Crippen molar-refractivity contribution in [3.05, 3.63) is 66.0 Å². The van der Waals surface area contributed by atoms with Crippen LogP contribution in [0.1, 0.15) is 12.5 Å². The Labute approximate surface area is 156 Å². The summed E-state index contributed by atoms with van der Waals surface area (Å²) in [4.78, 5) is 11.4. The van der Waals surface area contributed by atoms with Crippen molar-refractivity contribution in [1.29, 1.82) is 0 Å². The molecule has 0 aliphatic carbocycles. The van der Waals surface area contributed by atoms with Crippen molar-refractivity contribution in [1.82, 2.24) is 0 Å². The smallest absolute Gasteiger partial charge is 0.370 e. The third-order valence-electron chi connectivity index (χ3n) is 3.10. The van der Waals surface area contributed by atoms with Gasteiger partial charge in [0.1, 0.15) is 23.9 Å². The van der Waals surface area contributed by atoms with E-state index in [0.717, 1.165) is 5.56 Å². The quantitative estimate of drug-likeness (QED) is 0.420. The summed E-state index contributed by atoms with van der Waals surface area (Å²) in [6, 6.07) is 13.7. The zero-order valence-electron chi connectivity index (χ0n) is 14.1. The average Bonchev–Trinajstić information content (AvgIpc) is 2.65. The van der Waals surface area contributed by atoms with Crippen molar-refractivity contribution in [2.45, 2.75) is 6.92 Å². The van der Waals surface area contributed by atoms with E-state index in [0.29, 0.717) is 5.75 Å². The summed E-state index contributed by atoms with van der Waals surface area (Å²) >= 11 is 5.71. The van der Waals surface area contributed by atoms with Gasteiger partial charge < -0.3 is 9.47 Å². The third-order valence-corrected chi connectivity index (χ3v) is 3.34. The largest absolute Gasteiger partial charge is 0.487 e. The van der Waals surface area contributed by atoms with Gasteiger partial charge in [0.2, 0.25) is 5.17 Å². The average molecular weight is 377 g/mol. The summed E-state index contributed by atoms with van der Waals surface area (Å²) in [6.45, 7) is 2.09. The van der Waals surface area contributed by atoms with Crippen LogP contribution in [0.25, 0.3) is 6.08 Å². The SMILES string of the molecule is CCOC(=O)/C(Cl)=N/Nc1cc(F)ccc1OC/C=C/c1ccccc1. The van der Waals surface area contributed by atoms with Gasteiger partial charge in [-0.1, -0.05) is 48.0 Å². The molecule has 1 N–H and O–H groups in total. The fraction of sp³-hybridized carbons (Fsp3) is 0.158. The van der Waals surface area contributed by atoms with E-state index in [-0.39, 0.29) is 18.9 Å². The molecule has 0 amide bonds. The minimum Gasteiger partial charge on any atom is -0.487 e. The maximum absolute atomic E-state index is 13.5. The van der Waals surface area contributed by atoms with Gasteiger partial charge in [-0.3, -0.25) is 5.43 Å². The number of hydrogen-bond donors (Lipinski definition) is 1. The van der Waals surface area contributed by atoms with Crippen molar-refractivity contribution in [3.63, 3.8) is 0 Å². The number of halogens is 2. The second-order valence-corrected chi connectivity index (χ2v) is 5.36. The number of carbonyl (C=O) groups is 1. The Morgan fingerprint density at radius 2 is 2.04 bits per heavy atom. The number of esters is 1. The zero-order chi connectivity index (χ0) is 18.8. The summed E-state index contributed by atoms with van der Waals surface area (Å²) in [5.74, 6) is -0.894. The Bertz CT molecular complexity index is 795. The lowest BCUT2D eigenvalue weighted by atomic mass is 10.2. The molecular formula is C19H18ClFN2O3. The lowest BCUT2D eigenvalue weighted by Crippen LogP contribution is -2.13. The van der Waals surface area contributed by atoms with Crippen molar-refractivity contribution < 1.29 is 18.7 Å². The van der Waals surface area contributed by atoms with Crippen LogP contribution >= 0.6 is 11.6 Å². The lowest BCUT2D eigenvalue weighted by Gasteiger charge is -2.10. The fourth-order valence-electron chi connectivity index (χ4n) is 1.95. The Morgan fingerprint density at radius 3 is 2.77 bits per heavy atom. The molecule has 0 spiro atoms. The topological polar surface area (TPSA) is 59.9 Å². The Hall–Kier alpha value is -2.86. The maximum atomic E-state index is 13.5. The van der Waals surface area contributed by atoms with Gasteiger partial charge in [-0.05, 0) is 30.7 Å². The summed E-state index contributed by atoms with van der Waals surface area (Å²) in [5, 5.41) is 3.29. The molecule has 136 valence electrons. The molecule has 0 saturated carbocycles. The van der Waals surface area contributed by atoms with Gasteiger partial charge in [0, 0.05) is 6.07 Å². The molecule has 0 aromatic heterocycles. The predicted octanol–water partition coefficient (Wildman–Crippen LogP) is 4.45. The summed E-state index contributed by atoms with van der Waals surface area (Å²) < 4.78 is 23.8. The Kier molecular flexibility index (Phi) is 7.64. The van der Waals surface area contributed by atoms with Crippen LogP contribution in [0.2, 0.25) is 0 Å². The normalized spacial score (nSPS) is 11.4. The minimum atomic E-state index is -0.772. The van der Waals surface area contributed by atoms with Crippen LogP contribution in [0.5, 0.6) is 5.75 Å². The summed E-state index contributed by atoms with van der Waals surface area (Å²) in [7, 11) is 0. The zero-order valence-corrected chi connectivity index (χ0v) is 14.9. The van der Waals surface area contributed by atoms with Crippen LogP contribution in [0.3, 0.4) is 0 Å². The van der Waals surface area contributed by atoms with E-state index in [9.17, 15) is 9.18 Å². The van der Waals surface area contributed by atoms with Crippen LogP contribution in [0, 0.1) is 5.82 Å². The number of hydrazone groups is 1. The highest BCUT2D eigenvalue weighted by molar-refractivity contribution is 6.82. The highest BCUT2D eigenvalue weighted by Crippen LogP contribution is 2.25. The number of nitrogens with zero attached hydrogens (tertiary/aromatic N) is 1. The van der Waals surface area contributed by atoms with E-state index in [1.54, 1.807) is 6.92 Å². The molecule has 0 bridgehead atoms. The molecule has 26 heavy (non-hydrogen) atoms. The lowest BCUT2D eigenvalue weighted by molar-refractivity contribution is -0.134. The number of hydrogen-bond acceptors (Lipinski definition) is 5. The summed E-state index contributed by atoms with van der Waals surface area (Å²) in [6.07, 6.45) is 3.74. The molecule has 2 aromatic rings. The molecular weight excluding hydrogens is 359 g/mol. The number of carbonyl (C=O) groups excluding carboxylic acids is 1. The third kappa shape index (κ3) is 6.22. The highest BCUT2D eigenvalue weighted by atomic mass is 35.5. The molecule has 0 unspecified atom stereocenters. The van der Waals surface area contributed by atoms with Crippen LogP contribution in [0.4, 0.5) is 10.1 Å². The van der Waals surface area contributed by atoms with Gasteiger partial charge >= 0.3 is 5.97 Å². The van der Waals surface area contributed by atoms with Gasteiger partial charge in [-0.2, -0.15) is 5.10 Å². The molecule has 5 nitrogen and oxygen atoms in total. The molecule has 0 aliphatic heterocycles. The van der Waals surface area contributed by atoms with Crippen molar-refractivity contribution >= 4 is 34.5 Å². The van der Waals surface area contributed by atoms with Crippen LogP contribution in [-0.2, 0) is 9.53 Å². The van der Waals surface area contributed by atoms with E-state index in [2.05, 4.69) is 10.5 Å². The van der Waals surface area contributed by atoms with Crippen LogP contribution in [-0.4, -0.2) is 24.4 Å². The number of anilines is 1. The monoisotopic (exact) mass is 376 g/mol. The molecule has 7 heteroatoms. The van der Waals surface area contributed by atoms with Gasteiger partial charge in [0.05, 0.1) is 6.61 Å². The first-order chi connectivity index (χ1) is 12.6. The number of rotatable bonds is 8. The van der Waals surface area contributed by atoms with Crippen LogP contribution in [0.15, 0.2) is 59.7 Å². The second kappa shape index (κ2) is 10.2. The standard InChI is InChI=1S/C19H18ClFN2O3/c1-2-25-19(24)18(20)23-22-16-13-15(21)10-11-17(16)26-12-6-9-14-7-4-3-5-8-14/h3-11,13,22H,2,12H2,1H3/b9-6+,23-18-. The number of ether oxygens (including phenoxy) is 2. The van der Waals surface area contributed by atoms with E-state index >= 15 is 0 Å². The molecule has 0 radical (unpaired) electrons. The maximum Gasteiger partial charge on any atom is 0.370 e.